The van der Waals surface area contributed by atoms with Crippen molar-refractivity contribution in [2.75, 3.05) is 25.5 Å². The molecule has 8 nitrogen and oxygen atoms in total. The van der Waals surface area contributed by atoms with Crippen LogP contribution in [-0.4, -0.2) is 42.4 Å². The number of anilines is 1. The summed E-state index contributed by atoms with van der Waals surface area (Å²) in [5.74, 6) is -0.493. The van der Waals surface area contributed by atoms with Gasteiger partial charge in [0.1, 0.15) is 0 Å². The van der Waals surface area contributed by atoms with Gasteiger partial charge in [-0.05, 0) is 26.8 Å². The summed E-state index contributed by atoms with van der Waals surface area (Å²) in [5, 5.41) is 16.1. The Kier molecular flexibility index (Phi) is 6.68. The Morgan fingerprint density at radius 1 is 1.25 bits per heavy atom. The first-order valence-electron chi connectivity index (χ1n) is 7.34. The van der Waals surface area contributed by atoms with Crippen LogP contribution in [0.1, 0.15) is 20.8 Å². The molecule has 0 aliphatic carbocycles. The van der Waals surface area contributed by atoms with E-state index in [2.05, 4.69) is 10.6 Å². The molecule has 0 spiro atoms. The third-order valence-electron chi connectivity index (χ3n) is 2.88. The zero-order chi connectivity index (χ0) is 18.5. The van der Waals surface area contributed by atoms with Gasteiger partial charge in [-0.1, -0.05) is 11.6 Å². The minimum absolute atomic E-state index is 0.0604. The molecule has 0 aliphatic rings. The predicted molar refractivity (Wildman–Crippen MR) is 91.3 cm³/mol. The molecule has 24 heavy (non-hydrogen) atoms. The molecule has 0 heterocycles. The molecule has 1 unspecified atom stereocenters. The van der Waals surface area contributed by atoms with E-state index in [0.29, 0.717) is 10.6 Å². The fraction of sp³-hybridized carbons (Fsp3) is 0.467. The highest BCUT2D eigenvalue weighted by molar-refractivity contribution is 6.33. The maximum Gasteiger partial charge on any atom is 0.279 e. The van der Waals surface area contributed by atoms with Gasteiger partial charge >= 0.3 is 0 Å². The number of benzene rings is 1. The second-order valence-electron chi connectivity index (χ2n) is 6.58. The normalized spacial score (nSPS) is 12.4. The molecule has 1 rings (SSSR count). The number of nitro groups is 1. The lowest BCUT2D eigenvalue weighted by Gasteiger charge is -2.21. The van der Waals surface area contributed by atoms with E-state index in [-0.39, 0.29) is 41.2 Å². The van der Waals surface area contributed by atoms with Crippen LogP contribution in [0.25, 0.3) is 0 Å². The standard InChI is InChI=1S/C15H21ClN4O4/c1-15(2,3)18-14(22)9-19(4)8-13(21)17-12-6-5-10(20(23)24)7-11(12)16/h5-7H,8-9H2,1-4H3,(H,17,21)(H,18,22)/p+1. The van der Waals surface area contributed by atoms with Crippen LogP contribution in [0.3, 0.4) is 0 Å². The van der Waals surface area contributed by atoms with E-state index in [0.717, 1.165) is 0 Å². The number of halogens is 1. The van der Waals surface area contributed by atoms with Crippen LogP contribution in [0.2, 0.25) is 5.02 Å². The number of non-ortho nitro benzene ring substituents is 1. The van der Waals surface area contributed by atoms with Crippen molar-refractivity contribution >= 4 is 34.8 Å². The van der Waals surface area contributed by atoms with E-state index >= 15 is 0 Å². The van der Waals surface area contributed by atoms with E-state index in [1.54, 1.807) is 7.05 Å². The zero-order valence-electron chi connectivity index (χ0n) is 14.1. The number of nitrogens with one attached hydrogen (secondary N) is 3. The van der Waals surface area contributed by atoms with Gasteiger partial charge in [-0.25, -0.2) is 0 Å². The summed E-state index contributed by atoms with van der Waals surface area (Å²) in [5.41, 5.74) is -0.190. The predicted octanol–water partition coefficient (Wildman–Crippen LogP) is 0.616. The molecule has 0 aliphatic heterocycles. The van der Waals surface area contributed by atoms with Crippen molar-refractivity contribution < 1.29 is 19.4 Å². The quantitative estimate of drug-likeness (QED) is 0.512. The number of carbonyl (C=O) groups is 2. The van der Waals surface area contributed by atoms with Gasteiger partial charge in [0.15, 0.2) is 13.1 Å². The van der Waals surface area contributed by atoms with E-state index in [4.69, 9.17) is 11.6 Å². The first-order valence-corrected chi connectivity index (χ1v) is 7.72. The van der Waals surface area contributed by atoms with Crippen LogP contribution in [0, 0.1) is 10.1 Å². The highest BCUT2D eigenvalue weighted by Gasteiger charge is 2.19. The van der Waals surface area contributed by atoms with Crippen molar-refractivity contribution in [2.45, 2.75) is 26.3 Å². The average Bonchev–Trinajstić information content (AvgIpc) is 2.37. The van der Waals surface area contributed by atoms with Crippen molar-refractivity contribution in [1.29, 1.82) is 0 Å². The molecule has 1 aromatic carbocycles. The van der Waals surface area contributed by atoms with Crippen LogP contribution >= 0.6 is 11.6 Å². The summed E-state index contributed by atoms with van der Waals surface area (Å²) >= 11 is 5.92. The van der Waals surface area contributed by atoms with E-state index in [1.807, 2.05) is 20.8 Å². The Morgan fingerprint density at radius 2 is 1.83 bits per heavy atom. The monoisotopic (exact) mass is 357 g/mol. The largest absolute Gasteiger partial charge is 0.347 e. The Morgan fingerprint density at radius 3 is 2.33 bits per heavy atom. The highest BCUT2D eigenvalue weighted by atomic mass is 35.5. The van der Waals surface area contributed by atoms with Crippen LogP contribution < -0.4 is 15.5 Å². The number of amides is 2. The van der Waals surface area contributed by atoms with E-state index < -0.39 is 4.92 Å². The number of nitro benzene ring substituents is 1. The van der Waals surface area contributed by atoms with Crippen molar-refractivity contribution in [3.8, 4) is 0 Å². The lowest BCUT2D eigenvalue weighted by atomic mass is 10.1. The molecule has 0 saturated heterocycles. The molecule has 0 radical (unpaired) electrons. The third kappa shape index (κ3) is 6.93. The molecule has 2 amide bonds. The Balaban J connectivity index is 2.57. The van der Waals surface area contributed by atoms with Gasteiger partial charge in [-0.15, -0.1) is 0 Å². The second kappa shape index (κ2) is 8.07. The van der Waals surface area contributed by atoms with Crippen molar-refractivity contribution in [2.24, 2.45) is 0 Å². The van der Waals surface area contributed by atoms with Gasteiger partial charge in [0.2, 0.25) is 0 Å². The molecular weight excluding hydrogens is 336 g/mol. The first-order chi connectivity index (χ1) is 11.0. The molecule has 9 heteroatoms. The summed E-state index contributed by atoms with van der Waals surface area (Å²) in [4.78, 5) is 34.6. The van der Waals surface area contributed by atoms with Crippen LogP contribution in [-0.2, 0) is 9.59 Å². The molecule has 0 fully saturated rings. The Bertz CT molecular complexity index is 643. The number of hydrogen-bond donors (Lipinski definition) is 3. The van der Waals surface area contributed by atoms with Crippen LogP contribution in [0.15, 0.2) is 18.2 Å². The second-order valence-corrected chi connectivity index (χ2v) is 6.99. The molecule has 1 atom stereocenters. The number of rotatable bonds is 6. The van der Waals surface area contributed by atoms with Gasteiger partial charge in [0.25, 0.3) is 17.5 Å². The fourth-order valence-electron chi connectivity index (χ4n) is 1.99. The van der Waals surface area contributed by atoms with Crippen molar-refractivity contribution in [3.63, 3.8) is 0 Å². The first kappa shape index (κ1) is 19.9. The average molecular weight is 358 g/mol. The number of nitrogens with zero attached hydrogens (tertiary/aromatic N) is 1. The molecular formula is C15H22ClN4O4+. The molecule has 0 aromatic heterocycles. The maximum absolute atomic E-state index is 12.0. The van der Waals surface area contributed by atoms with Crippen molar-refractivity contribution in [1.82, 2.24) is 5.32 Å². The number of carbonyl (C=O) groups excluding carboxylic acids is 2. The fourth-order valence-corrected chi connectivity index (χ4v) is 2.21. The topological polar surface area (TPSA) is 106 Å². The molecule has 3 N–H and O–H groups in total. The summed E-state index contributed by atoms with van der Waals surface area (Å²) < 4.78 is 0. The maximum atomic E-state index is 12.0. The number of quaternary nitrogens is 1. The minimum atomic E-state index is -0.566. The smallest absolute Gasteiger partial charge is 0.279 e. The zero-order valence-corrected chi connectivity index (χ0v) is 14.9. The SMILES string of the molecule is C[NH+](CC(=O)Nc1ccc([N+](=O)[O-])cc1Cl)CC(=O)NC(C)(C)C. The van der Waals surface area contributed by atoms with Crippen LogP contribution in [0.5, 0.6) is 0 Å². The van der Waals surface area contributed by atoms with Gasteiger partial charge in [0, 0.05) is 17.7 Å². The highest BCUT2D eigenvalue weighted by Crippen LogP contribution is 2.26. The summed E-state index contributed by atoms with van der Waals surface area (Å²) in [6, 6.07) is 3.80. The van der Waals surface area contributed by atoms with Gasteiger partial charge < -0.3 is 15.5 Å². The molecule has 0 saturated carbocycles. The number of likely N-dealkylation sites (N-methyl/N-ethyl adjacent to an activating group) is 1. The lowest BCUT2D eigenvalue weighted by Crippen LogP contribution is -3.11. The molecule has 1 aromatic rings. The van der Waals surface area contributed by atoms with Gasteiger partial charge in [0.05, 0.1) is 22.7 Å². The summed E-state index contributed by atoms with van der Waals surface area (Å²) in [6.45, 7) is 5.85. The van der Waals surface area contributed by atoms with Crippen molar-refractivity contribution in [3.05, 3.63) is 33.3 Å². The minimum Gasteiger partial charge on any atom is -0.347 e. The number of hydrogen-bond acceptors (Lipinski definition) is 4. The lowest BCUT2D eigenvalue weighted by molar-refractivity contribution is -0.862. The molecule has 132 valence electrons. The van der Waals surface area contributed by atoms with Gasteiger partial charge in [-0.3, -0.25) is 19.7 Å². The van der Waals surface area contributed by atoms with E-state index in [9.17, 15) is 19.7 Å². The van der Waals surface area contributed by atoms with Gasteiger partial charge in [-0.2, -0.15) is 0 Å². The summed E-state index contributed by atoms with van der Waals surface area (Å²) in [6.07, 6.45) is 0. The third-order valence-corrected chi connectivity index (χ3v) is 3.19. The Hall–Kier alpha value is -2.19. The summed E-state index contributed by atoms with van der Waals surface area (Å²) in [7, 11) is 1.72. The van der Waals surface area contributed by atoms with E-state index in [1.165, 1.54) is 18.2 Å². The van der Waals surface area contributed by atoms with Crippen LogP contribution in [0.4, 0.5) is 11.4 Å². The molecule has 0 bridgehead atoms. The Labute approximate surface area is 145 Å².